The van der Waals surface area contributed by atoms with E-state index in [2.05, 4.69) is 49.5 Å². The van der Waals surface area contributed by atoms with Crippen LogP contribution < -0.4 is 5.43 Å². The average Bonchev–Trinajstić information content (AvgIpc) is 3.01. The van der Waals surface area contributed by atoms with Crippen molar-refractivity contribution >= 4 is 22.7 Å². The van der Waals surface area contributed by atoms with Gasteiger partial charge in [-0.2, -0.15) is 5.10 Å². The first-order valence-electron chi connectivity index (χ1n) is 8.59. The number of aromatic nitrogens is 1. The summed E-state index contributed by atoms with van der Waals surface area (Å²) in [7, 11) is 0. The highest BCUT2D eigenvalue weighted by atomic mass is 32.1. The van der Waals surface area contributed by atoms with Gasteiger partial charge in [0.1, 0.15) is 0 Å². The molecular formula is C21H23N3S. The topological polar surface area (TPSA) is 37.3 Å². The molecular weight excluding hydrogens is 326 g/mol. The van der Waals surface area contributed by atoms with Crippen molar-refractivity contribution in [3.8, 4) is 11.3 Å². The summed E-state index contributed by atoms with van der Waals surface area (Å²) in [5.41, 5.74) is 8.98. The third-order valence-electron chi connectivity index (χ3n) is 4.00. The molecule has 0 atom stereocenters. The summed E-state index contributed by atoms with van der Waals surface area (Å²) in [6.45, 7) is 6.47. The second-order valence-electron chi connectivity index (χ2n) is 6.14. The zero-order valence-electron chi connectivity index (χ0n) is 14.9. The molecule has 2 aromatic carbocycles. The molecule has 0 spiro atoms. The Morgan fingerprint density at radius 1 is 1.12 bits per heavy atom. The monoisotopic (exact) mass is 349 g/mol. The minimum atomic E-state index is 0.839. The van der Waals surface area contributed by atoms with Gasteiger partial charge in [0.05, 0.1) is 11.9 Å². The molecule has 1 aromatic heterocycles. The molecule has 128 valence electrons. The molecule has 25 heavy (non-hydrogen) atoms. The molecule has 3 nitrogen and oxygen atoms in total. The van der Waals surface area contributed by atoms with Gasteiger partial charge in [0.15, 0.2) is 0 Å². The van der Waals surface area contributed by atoms with Crippen LogP contribution in [0.1, 0.15) is 34.9 Å². The second kappa shape index (κ2) is 8.08. The maximum Gasteiger partial charge on any atom is 0.204 e. The Bertz CT molecular complexity index is 866. The van der Waals surface area contributed by atoms with Gasteiger partial charge >= 0.3 is 0 Å². The van der Waals surface area contributed by atoms with Gasteiger partial charge in [0.2, 0.25) is 5.13 Å². The smallest absolute Gasteiger partial charge is 0.204 e. The van der Waals surface area contributed by atoms with Crippen LogP contribution in [0.3, 0.4) is 0 Å². The van der Waals surface area contributed by atoms with E-state index in [1.165, 1.54) is 21.6 Å². The lowest BCUT2D eigenvalue weighted by atomic mass is 10.0. The fourth-order valence-electron chi connectivity index (χ4n) is 2.70. The van der Waals surface area contributed by atoms with Crippen LogP contribution >= 0.6 is 11.3 Å². The molecule has 0 aliphatic carbocycles. The Hall–Kier alpha value is -2.46. The van der Waals surface area contributed by atoms with E-state index in [0.29, 0.717) is 0 Å². The lowest BCUT2D eigenvalue weighted by Crippen LogP contribution is -1.91. The number of hydrogen-bond acceptors (Lipinski definition) is 4. The standard InChI is InChI=1S/C21H23N3S/c1-4-8-19-20(18-13-15(2)11-12-16(18)3)23-21(25-19)24-22-14-17-9-6-5-7-10-17/h5-7,9-14H,4,8H2,1-3H3,(H,23,24)/b22-14+. The fraction of sp³-hybridized carbons (Fsp3) is 0.238. The average molecular weight is 350 g/mol. The molecule has 0 fully saturated rings. The van der Waals surface area contributed by atoms with E-state index in [-0.39, 0.29) is 0 Å². The van der Waals surface area contributed by atoms with Crippen LogP contribution in [0.5, 0.6) is 0 Å². The maximum atomic E-state index is 4.83. The van der Waals surface area contributed by atoms with Gasteiger partial charge in [-0.05, 0) is 37.5 Å². The molecule has 0 aliphatic rings. The lowest BCUT2D eigenvalue weighted by Gasteiger charge is -2.06. The van der Waals surface area contributed by atoms with Crippen LogP contribution in [-0.2, 0) is 6.42 Å². The summed E-state index contributed by atoms with van der Waals surface area (Å²) >= 11 is 1.69. The number of hydrogen-bond donors (Lipinski definition) is 1. The van der Waals surface area contributed by atoms with Crippen molar-refractivity contribution in [1.29, 1.82) is 0 Å². The summed E-state index contributed by atoms with van der Waals surface area (Å²) < 4.78 is 0. The summed E-state index contributed by atoms with van der Waals surface area (Å²) in [6, 6.07) is 16.6. The fourth-order valence-corrected chi connectivity index (χ4v) is 3.73. The van der Waals surface area contributed by atoms with Gasteiger partial charge in [0, 0.05) is 10.4 Å². The van der Waals surface area contributed by atoms with Crippen LogP contribution in [-0.4, -0.2) is 11.2 Å². The minimum absolute atomic E-state index is 0.839. The summed E-state index contributed by atoms with van der Waals surface area (Å²) in [5.74, 6) is 0. The zero-order chi connectivity index (χ0) is 17.6. The molecule has 0 radical (unpaired) electrons. The molecule has 3 aromatic rings. The van der Waals surface area contributed by atoms with Gasteiger partial charge < -0.3 is 0 Å². The maximum absolute atomic E-state index is 4.83. The van der Waals surface area contributed by atoms with E-state index in [1.54, 1.807) is 11.3 Å². The van der Waals surface area contributed by atoms with E-state index in [9.17, 15) is 0 Å². The highest BCUT2D eigenvalue weighted by Crippen LogP contribution is 2.34. The van der Waals surface area contributed by atoms with Crippen LogP contribution in [0.15, 0.2) is 53.6 Å². The van der Waals surface area contributed by atoms with Crippen LogP contribution in [0, 0.1) is 13.8 Å². The van der Waals surface area contributed by atoms with Crippen molar-refractivity contribution < 1.29 is 0 Å². The van der Waals surface area contributed by atoms with E-state index >= 15 is 0 Å². The number of benzene rings is 2. The number of nitrogens with zero attached hydrogens (tertiary/aromatic N) is 2. The number of rotatable bonds is 6. The highest BCUT2D eigenvalue weighted by Gasteiger charge is 2.14. The third-order valence-corrected chi connectivity index (χ3v) is 5.02. The number of thiazole rings is 1. The predicted octanol–water partition coefficient (Wildman–Crippen LogP) is 5.83. The van der Waals surface area contributed by atoms with Crippen molar-refractivity contribution in [3.05, 3.63) is 70.1 Å². The quantitative estimate of drug-likeness (QED) is 0.449. The highest BCUT2D eigenvalue weighted by molar-refractivity contribution is 7.16. The summed E-state index contributed by atoms with van der Waals surface area (Å²) in [4.78, 5) is 6.14. The zero-order valence-corrected chi connectivity index (χ0v) is 15.7. The predicted molar refractivity (Wildman–Crippen MR) is 109 cm³/mol. The van der Waals surface area contributed by atoms with Crippen molar-refractivity contribution in [3.63, 3.8) is 0 Å². The number of anilines is 1. The van der Waals surface area contributed by atoms with Crippen molar-refractivity contribution in [1.82, 2.24) is 4.98 Å². The van der Waals surface area contributed by atoms with Crippen LogP contribution in [0.2, 0.25) is 0 Å². The summed E-state index contributed by atoms with van der Waals surface area (Å²) in [5, 5.41) is 5.17. The van der Waals surface area contributed by atoms with E-state index < -0.39 is 0 Å². The molecule has 0 saturated carbocycles. The van der Waals surface area contributed by atoms with Crippen LogP contribution in [0.4, 0.5) is 5.13 Å². The van der Waals surface area contributed by atoms with E-state index in [1.807, 2.05) is 36.5 Å². The first-order chi connectivity index (χ1) is 12.2. The normalized spacial score (nSPS) is 11.2. The Balaban J connectivity index is 1.87. The number of hydrazone groups is 1. The number of aryl methyl sites for hydroxylation is 3. The molecule has 0 aliphatic heterocycles. The van der Waals surface area contributed by atoms with E-state index in [0.717, 1.165) is 29.2 Å². The van der Waals surface area contributed by atoms with Gasteiger partial charge in [-0.1, -0.05) is 72.7 Å². The third kappa shape index (κ3) is 4.34. The van der Waals surface area contributed by atoms with Gasteiger partial charge in [0.25, 0.3) is 0 Å². The van der Waals surface area contributed by atoms with E-state index in [4.69, 9.17) is 4.98 Å². The molecule has 0 unspecified atom stereocenters. The molecule has 1 N–H and O–H groups in total. The van der Waals surface area contributed by atoms with Crippen molar-refractivity contribution in [2.24, 2.45) is 5.10 Å². The second-order valence-corrected chi connectivity index (χ2v) is 7.22. The lowest BCUT2D eigenvalue weighted by molar-refractivity contribution is 0.938. The van der Waals surface area contributed by atoms with Crippen LogP contribution in [0.25, 0.3) is 11.3 Å². The first kappa shape index (κ1) is 17.4. The molecule has 0 bridgehead atoms. The molecule has 3 rings (SSSR count). The van der Waals surface area contributed by atoms with Crippen molar-refractivity contribution in [2.75, 3.05) is 5.43 Å². The Labute approximate surface area is 153 Å². The Morgan fingerprint density at radius 2 is 1.92 bits per heavy atom. The minimum Gasteiger partial charge on any atom is -0.253 e. The SMILES string of the molecule is CCCc1sc(N/N=C/c2ccccc2)nc1-c1cc(C)ccc1C. The summed E-state index contributed by atoms with van der Waals surface area (Å²) in [6.07, 6.45) is 3.95. The Morgan fingerprint density at radius 3 is 2.68 bits per heavy atom. The first-order valence-corrected chi connectivity index (χ1v) is 9.40. The largest absolute Gasteiger partial charge is 0.253 e. The molecule has 4 heteroatoms. The van der Waals surface area contributed by atoms with Crippen molar-refractivity contribution in [2.45, 2.75) is 33.6 Å². The Kier molecular flexibility index (Phi) is 5.61. The number of nitrogens with one attached hydrogen (secondary N) is 1. The molecule has 0 saturated heterocycles. The van der Waals surface area contributed by atoms with Gasteiger partial charge in [-0.3, -0.25) is 5.43 Å². The molecule has 0 amide bonds. The van der Waals surface area contributed by atoms with Gasteiger partial charge in [-0.15, -0.1) is 0 Å². The molecule has 1 heterocycles. The van der Waals surface area contributed by atoms with Gasteiger partial charge in [-0.25, -0.2) is 4.98 Å².